The van der Waals surface area contributed by atoms with Crippen LogP contribution in [0.4, 0.5) is 0 Å². The fourth-order valence-corrected chi connectivity index (χ4v) is 5.74. The van der Waals surface area contributed by atoms with E-state index in [4.69, 9.17) is 16.3 Å². The minimum absolute atomic E-state index is 0.122. The van der Waals surface area contributed by atoms with Crippen LogP contribution in [0.25, 0.3) is 10.1 Å². The summed E-state index contributed by atoms with van der Waals surface area (Å²) in [5.41, 5.74) is 3.10. The van der Waals surface area contributed by atoms with Crippen molar-refractivity contribution in [2.45, 2.75) is 84.0 Å². The highest BCUT2D eigenvalue weighted by molar-refractivity contribution is 7.21. The zero-order valence-electron chi connectivity index (χ0n) is 23.8. The lowest BCUT2D eigenvalue weighted by Crippen LogP contribution is -2.34. The van der Waals surface area contributed by atoms with Gasteiger partial charge in [0.05, 0.1) is 17.8 Å². The monoisotopic (exact) mass is 597 g/mol. The van der Waals surface area contributed by atoms with Crippen LogP contribution in [0, 0.1) is 0 Å². The molecule has 0 spiro atoms. The SMILES string of the molecule is CCCCCCCCCCCCCC(=O)NCC(=O)N/N=C/c1ccc(OC(=O)c2sc3ccccc3c2Cl)cc1. The lowest BCUT2D eigenvalue weighted by Gasteiger charge is -2.05. The highest BCUT2D eigenvalue weighted by Crippen LogP contribution is 2.35. The van der Waals surface area contributed by atoms with Crippen molar-refractivity contribution < 1.29 is 19.1 Å². The van der Waals surface area contributed by atoms with Gasteiger partial charge in [0, 0.05) is 16.5 Å². The number of hydrazone groups is 1. The van der Waals surface area contributed by atoms with Crippen LogP contribution >= 0.6 is 22.9 Å². The predicted octanol–water partition coefficient (Wildman–Crippen LogP) is 8.04. The quantitative estimate of drug-likeness (QED) is 0.0510. The minimum Gasteiger partial charge on any atom is -0.422 e. The molecule has 0 saturated carbocycles. The number of nitrogens with zero attached hydrogens (tertiary/aromatic N) is 1. The molecule has 0 aliphatic carbocycles. The summed E-state index contributed by atoms with van der Waals surface area (Å²) in [7, 11) is 0. The Bertz CT molecular complexity index is 1290. The van der Waals surface area contributed by atoms with E-state index in [-0.39, 0.29) is 12.5 Å². The molecule has 0 aliphatic rings. The first-order chi connectivity index (χ1) is 20.0. The molecule has 0 radical (unpaired) electrons. The van der Waals surface area contributed by atoms with Gasteiger partial charge in [-0.15, -0.1) is 11.3 Å². The van der Waals surface area contributed by atoms with Gasteiger partial charge in [-0.25, -0.2) is 10.2 Å². The smallest absolute Gasteiger partial charge is 0.355 e. The largest absolute Gasteiger partial charge is 0.422 e. The molecule has 0 saturated heterocycles. The molecule has 0 atom stereocenters. The number of carbonyl (C=O) groups is 3. The Morgan fingerprint density at radius 3 is 2.15 bits per heavy atom. The normalized spacial score (nSPS) is 11.2. The average molecular weight is 598 g/mol. The number of hydrogen-bond acceptors (Lipinski definition) is 6. The standard InChI is InChI=1S/C32H40ClN3O4S/c1-2-3-4-5-6-7-8-9-10-11-12-17-28(37)34-23-29(38)36-35-22-24-18-20-25(21-19-24)40-32(39)31-30(33)26-15-13-14-16-27(26)41-31/h13-16,18-22H,2-12,17,23H2,1H3,(H,34,37)(H,36,38)/b35-22+. The number of unbranched alkanes of at least 4 members (excludes halogenated alkanes) is 10. The number of nitrogens with one attached hydrogen (secondary N) is 2. The van der Waals surface area contributed by atoms with Crippen LogP contribution in [0.3, 0.4) is 0 Å². The molecule has 2 aromatic carbocycles. The summed E-state index contributed by atoms with van der Waals surface area (Å²) in [6, 6.07) is 14.2. The summed E-state index contributed by atoms with van der Waals surface area (Å²) in [6.07, 6.45) is 15.4. The van der Waals surface area contributed by atoms with E-state index >= 15 is 0 Å². The van der Waals surface area contributed by atoms with Gasteiger partial charge in [-0.05, 0) is 42.3 Å². The Hall–Kier alpha value is -3.23. The molecular weight excluding hydrogens is 558 g/mol. The maximum atomic E-state index is 12.6. The Labute approximate surface area is 251 Å². The first-order valence-corrected chi connectivity index (χ1v) is 15.7. The van der Waals surface area contributed by atoms with E-state index in [2.05, 4.69) is 22.8 Å². The van der Waals surface area contributed by atoms with Gasteiger partial charge in [-0.2, -0.15) is 5.10 Å². The van der Waals surface area contributed by atoms with Crippen LogP contribution in [-0.4, -0.2) is 30.5 Å². The molecule has 2 amide bonds. The van der Waals surface area contributed by atoms with E-state index in [9.17, 15) is 14.4 Å². The number of fused-ring (bicyclic) bond motifs is 1. The lowest BCUT2D eigenvalue weighted by atomic mass is 10.1. The summed E-state index contributed by atoms with van der Waals surface area (Å²) in [6.45, 7) is 2.12. The van der Waals surface area contributed by atoms with E-state index in [0.29, 0.717) is 27.6 Å². The van der Waals surface area contributed by atoms with E-state index in [1.165, 1.54) is 68.9 Å². The highest BCUT2D eigenvalue weighted by Gasteiger charge is 2.18. The first-order valence-electron chi connectivity index (χ1n) is 14.6. The maximum absolute atomic E-state index is 12.6. The highest BCUT2D eigenvalue weighted by atomic mass is 35.5. The average Bonchev–Trinajstić information content (AvgIpc) is 3.32. The molecule has 7 nitrogen and oxygen atoms in total. The van der Waals surface area contributed by atoms with Gasteiger partial charge in [0.15, 0.2) is 0 Å². The Morgan fingerprint density at radius 2 is 1.49 bits per heavy atom. The van der Waals surface area contributed by atoms with Crippen molar-refractivity contribution in [2.24, 2.45) is 5.10 Å². The molecule has 2 N–H and O–H groups in total. The minimum atomic E-state index is -0.518. The fourth-order valence-electron chi connectivity index (χ4n) is 4.36. The summed E-state index contributed by atoms with van der Waals surface area (Å²) >= 11 is 7.65. The molecule has 0 bridgehead atoms. The van der Waals surface area contributed by atoms with Crippen molar-refractivity contribution in [3.63, 3.8) is 0 Å². The van der Waals surface area contributed by atoms with E-state index in [1.54, 1.807) is 24.3 Å². The molecule has 3 rings (SSSR count). The lowest BCUT2D eigenvalue weighted by molar-refractivity contribution is -0.126. The van der Waals surface area contributed by atoms with Gasteiger partial charge in [0.1, 0.15) is 10.6 Å². The van der Waals surface area contributed by atoms with Gasteiger partial charge < -0.3 is 10.1 Å². The summed E-state index contributed by atoms with van der Waals surface area (Å²) in [4.78, 5) is 36.9. The van der Waals surface area contributed by atoms with Crippen LogP contribution in [0.15, 0.2) is 53.6 Å². The third kappa shape index (κ3) is 11.7. The number of thiophene rings is 1. The molecule has 41 heavy (non-hydrogen) atoms. The molecular formula is C32H40ClN3O4S. The molecule has 1 aromatic heterocycles. The van der Waals surface area contributed by atoms with E-state index < -0.39 is 11.9 Å². The number of carbonyl (C=O) groups excluding carboxylic acids is 3. The van der Waals surface area contributed by atoms with Gasteiger partial charge >= 0.3 is 5.97 Å². The van der Waals surface area contributed by atoms with Crippen molar-refractivity contribution in [3.05, 3.63) is 64.0 Å². The third-order valence-electron chi connectivity index (χ3n) is 6.67. The molecule has 0 fully saturated rings. The second-order valence-electron chi connectivity index (χ2n) is 10.1. The van der Waals surface area contributed by atoms with Gasteiger partial charge in [-0.3, -0.25) is 9.59 Å². The maximum Gasteiger partial charge on any atom is 0.355 e. The van der Waals surface area contributed by atoms with Crippen molar-refractivity contribution in [1.82, 2.24) is 10.7 Å². The van der Waals surface area contributed by atoms with E-state index in [0.717, 1.165) is 29.3 Å². The number of ether oxygens (including phenoxy) is 1. The van der Waals surface area contributed by atoms with Crippen molar-refractivity contribution in [1.29, 1.82) is 0 Å². The van der Waals surface area contributed by atoms with Gasteiger partial charge in [0.2, 0.25) is 5.91 Å². The number of hydrogen-bond donors (Lipinski definition) is 2. The first kappa shape index (κ1) is 32.3. The number of amides is 2. The van der Waals surface area contributed by atoms with Crippen LogP contribution in [0.5, 0.6) is 5.75 Å². The molecule has 3 aromatic rings. The fraction of sp³-hybridized carbons (Fsp3) is 0.438. The number of rotatable bonds is 18. The summed E-state index contributed by atoms with van der Waals surface area (Å²) < 4.78 is 6.39. The Balaban J connectivity index is 1.26. The Morgan fingerprint density at radius 1 is 0.854 bits per heavy atom. The number of benzene rings is 2. The molecule has 0 aliphatic heterocycles. The second kappa shape index (κ2) is 18.3. The zero-order valence-corrected chi connectivity index (χ0v) is 25.3. The number of halogens is 1. The summed E-state index contributed by atoms with van der Waals surface area (Å²) in [5, 5.41) is 7.77. The third-order valence-corrected chi connectivity index (χ3v) is 8.32. The molecule has 1 heterocycles. The van der Waals surface area contributed by atoms with Crippen molar-refractivity contribution in [2.75, 3.05) is 6.54 Å². The summed E-state index contributed by atoms with van der Waals surface area (Å²) in [5.74, 6) is -0.679. The van der Waals surface area contributed by atoms with Crippen LogP contribution < -0.4 is 15.5 Å². The van der Waals surface area contributed by atoms with Gasteiger partial charge in [0.25, 0.3) is 5.91 Å². The zero-order chi connectivity index (χ0) is 29.3. The van der Waals surface area contributed by atoms with E-state index in [1.807, 2.05) is 24.3 Å². The van der Waals surface area contributed by atoms with Crippen LogP contribution in [0.1, 0.15) is 99.2 Å². The molecule has 9 heteroatoms. The van der Waals surface area contributed by atoms with Crippen LogP contribution in [0.2, 0.25) is 5.02 Å². The van der Waals surface area contributed by atoms with Gasteiger partial charge in [-0.1, -0.05) is 101 Å². The number of esters is 1. The molecule has 0 unspecified atom stereocenters. The van der Waals surface area contributed by atoms with Crippen LogP contribution in [-0.2, 0) is 9.59 Å². The second-order valence-corrected chi connectivity index (χ2v) is 11.5. The predicted molar refractivity (Wildman–Crippen MR) is 168 cm³/mol. The van der Waals surface area contributed by atoms with Crippen molar-refractivity contribution >= 4 is 57.0 Å². The molecule has 220 valence electrons. The van der Waals surface area contributed by atoms with Crippen molar-refractivity contribution in [3.8, 4) is 5.75 Å². The topological polar surface area (TPSA) is 96.9 Å². The Kier molecular flexibility index (Phi) is 14.4.